The molecule has 1 aromatic rings. The maximum atomic E-state index is 8.91. The molecule has 0 saturated carbocycles. The van der Waals surface area contributed by atoms with Crippen molar-refractivity contribution in [1.29, 1.82) is 0 Å². The molecule has 0 aliphatic carbocycles. The molecule has 1 atom stereocenters. The molecule has 1 unspecified atom stereocenters. The zero-order valence-corrected chi connectivity index (χ0v) is 9.73. The van der Waals surface area contributed by atoms with Crippen LogP contribution in [0, 0.1) is 6.92 Å². The Balaban J connectivity index is 2.68. The van der Waals surface area contributed by atoms with Crippen molar-refractivity contribution in [2.75, 3.05) is 31.4 Å². The van der Waals surface area contributed by atoms with E-state index in [9.17, 15) is 0 Å². The van der Waals surface area contributed by atoms with Crippen molar-refractivity contribution in [3.8, 4) is 0 Å². The van der Waals surface area contributed by atoms with Gasteiger partial charge in [-0.25, -0.2) is 4.98 Å². The number of hydrogen-bond donors (Lipinski definition) is 3. The molecule has 0 aliphatic heterocycles. The van der Waals surface area contributed by atoms with Crippen molar-refractivity contribution in [2.24, 2.45) is 0 Å². The highest BCUT2D eigenvalue weighted by Gasteiger charge is 2.10. The first kappa shape index (κ1) is 12.7. The third-order valence-corrected chi connectivity index (χ3v) is 2.24. The molecule has 0 bridgehead atoms. The van der Waals surface area contributed by atoms with E-state index in [-0.39, 0.29) is 12.6 Å². The van der Waals surface area contributed by atoms with Crippen molar-refractivity contribution < 1.29 is 9.84 Å². The Morgan fingerprint density at radius 2 is 2.38 bits per heavy atom. The molecule has 0 aliphatic rings. The van der Waals surface area contributed by atoms with Crippen LogP contribution in [0.5, 0.6) is 0 Å². The summed E-state index contributed by atoms with van der Waals surface area (Å²) < 4.78 is 5.05. The van der Waals surface area contributed by atoms with Crippen LogP contribution >= 0.6 is 0 Å². The Hall–Kier alpha value is -1.33. The summed E-state index contributed by atoms with van der Waals surface area (Å²) in [5, 5.41) is 12.1. The van der Waals surface area contributed by atoms with Crippen molar-refractivity contribution in [3.63, 3.8) is 0 Å². The summed E-state index contributed by atoms with van der Waals surface area (Å²) in [6.07, 6.45) is 2.35. The van der Waals surface area contributed by atoms with Gasteiger partial charge in [0, 0.05) is 19.9 Å². The second-order valence-corrected chi connectivity index (χ2v) is 3.76. The molecule has 0 radical (unpaired) electrons. The molecule has 4 N–H and O–H groups in total. The largest absolute Gasteiger partial charge is 0.396 e. The number of nitrogens with two attached hydrogens (primary N) is 1. The van der Waals surface area contributed by atoms with Crippen LogP contribution in [0.4, 0.5) is 11.5 Å². The molecule has 90 valence electrons. The first-order valence-electron chi connectivity index (χ1n) is 5.25. The second kappa shape index (κ2) is 6.30. The van der Waals surface area contributed by atoms with E-state index in [1.165, 1.54) is 0 Å². The van der Waals surface area contributed by atoms with Crippen molar-refractivity contribution >= 4 is 11.5 Å². The Kier molecular flexibility index (Phi) is 5.01. The highest BCUT2D eigenvalue weighted by atomic mass is 16.5. The van der Waals surface area contributed by atoms with Crippen LogP contribution in [-0.2, 0) is 4.74 Å². The monoisotopic (exact) mass is 225 g/mol. The quantitative estimate of drug-likeness (QED) is 0.666. The number of ether oxygens (including phenoxy) is 1. The van der Waals surface area contributed by atoms with Gasteiger partial charge in [0.25, 0.3) is 0 Å². The van der Waals surface area contributed by atoms with Crippen molar-refractivity contribution in [1.82, 2.24) is 4.98 Å². The van der Waals surface area contributed by atoms with Gasteiger partial charge in [-0.05, 0) is 25.0 Å². The highest BCUT2D eigenvalue weighted by molar-refractivity contribution is 5.62. The van der Waals surface area contributed by atoms with Crippen LogP contribution in [0.25, 0.3) is 0 Å². The molecule has 1 heterocycles. The maximum Gasteiger partial charge on any atom is 0.149 e. The minimum Gasteiger partial charge on any atom is -0.396 e. The Labute approximate surface area is 95.6 Å². The van der Waals surface area contributed by atoms with Gasteiger partial charge in [-0.2, -0.15) is 0 Å². The molecule has 0 fully saturated rings. The third-order valence-electron chi connectivity index (χ3n) is 2.24. The fourth-order valence-electron chi connectivity index (χ4n) is 1.46. The van der Waals surface area contributed by atoms with Crippen LogP contribution in [0.15, 0.2) is 12.3 Å². The van der Waals surface area contributed by atoms with Crippen LogP contribution < -0.4 is 11.1 Å². The molecule has 16 heavy (non-hydrogen) atoms. The lowest BCUT2D eigenvalue weighted by molar-refractivity contribution is 0.170. The summed E-state index contributed by atoms with van der Waals surface area (Å²) >= 11 is 0. The minimum atomic E-state index is 0.0208. The summed E-state index contributed by atoms with van der Waals surface area (Å²) in [6.45, 7) is 2.55. The van der Waals surface area contributed by atoms with E-state index in [0.717, 1.165) is 5.56 Å². The number of aromatic nitrogens is 1. The van der Waals surface area contributed by atoms with E-state index in [2.05, 4.69) is 10.3 Å². The molecule has 5 heteroatoms. The van der Waals surface area contributed by atoms with E-state index in [4.69, 9.17) is 15.6 Å². The summed E-state index contributed by atoms with van der Waals surface area (Å²) in [4.78, 5) is 4.21. The number of nitrogens with zero attached hydrogens (tertiary/aromatic N) is 1. The van der Waals surface area contributed by atoms with E-state index < -0.39 is 0 Å². The SMILES string of the molecule is COCC(CCO)Nc1ncc(C)cc1N. The molecule has 5 nitrogen and oxygen atoms in total. The van der Waals surface area contributed by atoms with Gasteiger partial charge in [-0.15, -0.1) is 0 Å². The zero-order chi connectivity index (χ0) is 12.0. The first-order chi connectivity index (χ1) is 7.67. The number of aryl methyl sites for hydroxylation is 1. The van der Waals surface area contributed by atoms with Gasteiger partial charge >= 0.3 is 0 Å². The molecule has 0 saturated heterocycles. The zero-order valence-electron chi connectivity index (χ0n) is 9.73. The topological polar surface area (TPSA) is 80.4 Å². The molecule has 0 aromatic carbocycles. The van der Waals surface area contributed by atoms with Gasteiger partial charge < -0.3 is 20.9 Å². The summed E-state index contributed by atoms with van der Waals surface area (Å²) in [7, 11) is 1.62. The Morgan fingerprint density at radius 1 is 1.62 bits per heavy atom. The van der Waals surface area contributed by atoms with E-state index in [1.807, 2.05) is 13.0 Å². The number of anilines is 2. The third kappa shape index (κ3) is 3.67. The second-order valence-electron chi connectivity index (χ2n) is 3.76. The normalized spacial score (nSPS) is 12.4. The van der Waals surface area contributed by atoms with Gasteiger partial charge in [-0.3, -0.25) is 0 Å². The first-order valence-corrected chi connectivity index (χ1v) is 5.25. The number of hydrogen-bond acceptors (Lipinski definition) is 5. The van der Waals surface area contributed by atoms with E-state index in [1.54, 1.807) is 13.3 Å². The average molecular weight is 225 g/mol. The van der Waals surface area contributed by atoms with Gasteiger partial charge in [0.15, 0.2) is 0 Å². The summed E-state index contributed by atoms with van der Waals surface area (Å²) in [5.41, 5.74) is 7.47. The number of nitrogen functional groups attached to an aromatic ring is 1. The smallest absolute Gasteiger partial charge is 0.149 e. The van der Waals surface area contributed by atoms with Crippen LogP contribution in [0.3, 0.4) is 0 Å². The number of aliphatic hydroxyl groups excluding tert-OH is 1. The molecule has 1 rings (SSSR count). The number of aliphatic hydroxyl groups is 1. The molecule has 0 spiro atoms. The van der Waals surface area contributed by atoms with Gasteiger partial charge in [0.2, 0.25) is 0 Å². The van der Waals surface area contributed by atoms with Gasteiger partial charge in [0.05, 0.1) is 18.3 Å². The highest BCUT2D eigenvalue weighted by Crippen LogP contribution is 2.17. The Morgan fingerprint density at radius 3 is 2.94 bits per heavy atom. The fraction of sp³-hybridized carbons (Fsp3) is 0.545. The lowest BCUT2D eigenvalue weighted by Gasteiger charge is -2.18. The average Bonchev–Trinajstić information content (AvgIpc) is 2.23. The number of pyridine rings is 1. The molecule has 0 amide bonds. The number of methoxy groups -OCH3 is 1. The van der Waals surface area contributed by atoms with Crippen molar-refractivity contribution in [3.05, 3.63) is 17.8 Å². The maximum absolute atomic E-state index is 8.91. The predicted molar refractivity (Wildman–Crippen MR) is 64.4 cm³/mol. The van der Waals surface area contributed by atoms with Crippen LogP contribution in [-0.4, -0.2) is 36.5 Å². The Bertz CT molecular complexity index is 325. The summed E-state index contributed by atoms with van der Waals surface area (Å²) in [5.74, 6) is 0.640. The van der Waals surface area contributed by atoms with Crippen LogP contribution in [0.1, 0.15) is 12.0 Å². The molecule has 1 aromatic heterocycles. The molecular formula is C11H19N3O2. The standard InChI is InChI=1S/C11H19N3O2/c1-8-5-10(12)11(13-6-8)14-9(3-4-15)7-16-2/h5-6,9,15H,3-4,7,12H2,1-2H3,(H,13,14). The van der Waals surface area contributed by atoms with Gasteiger partial charge in [0.1, 0.15) is 5.82 Å². The van der Waals surface area contributed by atoms with E-state index in [0.29, 0.717) is 24.5 Å². The lowest BCUT2D eigenvalue weighted by atomic mass is 10.2. The minimum absolute atomic E-state index is 0.0208. The van der Waals surface area contributed by atoms with Gasteiger partial charge in [-0.1, -0.05) is 0 Å². The fourth-order valence-corrected chi connectivity index (χ4v) is 1.46. The summed E-state index contributed by atoms with van der Waals surface area (Å²) in [6, 6.07) is 1.88. The number of rotatable bonds is 6. The number of nitrogens with one attached hydrogen (secondary N) is 1. The van der Waals surface area contributed by atoms with E-state index >= 15 is 0 Å². The lowest BCUT2D eigenvalue weighted by Crippen LogP contribution is -2.27. The van der Waals surface area contributed by atoms with Crippen LogP contribution in [0.2, 0.25) is 0 Å². The van der Waals surface area contributed by atoms with Crippen molar-refractivity contribution in [2.45, 2.75) is 19.4 Å². The molecular weight excluding hydrogens is 206 g/mol. The predicted octanol–water partition coefficient (Wildman–Crippen LogP) is 0.782.